The van der Waals surface area contributed by atoms with Crippen LogP contribution in [0.15, 0.2) is 24.3 Å². The molecule has 3 nitrogen and oxygen atoms in total. The molecular weight excluding hydrogens is 154 g/mol. The third-order valence-corrected chi connectivity index (χ3v) is 1.50. The summed E-state index contributed by atoms with van der Waals surface area (Å²) in [5.41, 5.74) is 6.11. The molecule has 12 heavy (non-hydrogen) atoms. The Labute approximate surface area is 70.2 Å². The summed E-state index contributed by atoms with van der Waals surface area (Å²) in [5.74, 6) is -1.56. The zero-order chi connectivity index (χ0) is 9.14. The van der Waals surface area contributed by atoms with Gasteiger partial charge in [-0.3, -0.25) is 9.59 Å². The van der Waals surface area contributed by atoms with Crippen LogP contribution in [0.5, 0.6) is 0 Å². The lowest BCUT2D eigenvalue weighted by atomic mass is 10.1. The van der Waals surface area contributed by atoms with Crippen molar-refractivity contribution in [2.24, 2.45) is 5.73 Å². The molecule has 0 spiro atoms. The van der Waals surface area contributed by atoms with E-state index in [9.17, 15) is 9.59 Å². The highest BCUT2D eigenvalue weighted by Crippen LogP contribution is 2.03. The molecule has 3 heteroatoms. The molecule has 0 radical (unpaired) electrons. The maximum atomic E-state index is 11.0. The van der Waals surface area contributed by atoms with Gasteiger partial charge in [0.15, 0.2) is 0 Å². The number of aryl methyl sites for hydroxylation is 1. The molecule has 0 saturated heterocycles. The second-order valence-corrected chi connectivity index (χ2v) is 2.56. The van der Waals surface area contributed by atoms with E-state index in [1.165, 1.54) is 0 Å². The SMILES string of the molecule is Cc1cccc(C(=O)C(N)=O)c1. The van der Waals surface area contributed by atoms with Crippen LogP contribution >= 0.6 is 0 Å². The molecule has 0 fully saturated rings. The first-order valence-corrected chi connectivity index (χ1v) is 3.52. The van der Waals surface area contributed by atoms with E-state index in [2.05, 4.69) is 0 Å². The fourth-order valence-electron chi connectivity index (χ4n) is 0.929. The minimum Gasteiger partial charge on any atom is -0.363 e. The number of nitrogens with two attached hydrogens (primary N) is 1. The van der Waals surface area contributed by atoms with Crippen molar-refractivity contribution in [2.45, 2.75) is 6.92 Å². The Hall–Kier alpha value is -1.64. The summed E-state index contributed by atoms with van der Waals surface area (Å²) in [4.78, 5) is 21.5. The van der Waals surface area contributed by atoms with Gasteiger partial charge in [0.25, 0.3) is 5.91 Å². The van der Waals surface area contributed by atoms with Crippen LogP contribution in [-0.2, 0) is 4.79 Å². The van der Waals surface area contributed by atoms with E-state index in [0.29, 0.717) is 5.56 Å². The summed E-state index contributed by atoms with van der Waals surface area (Å²) < 4.78 is 0. The van der Waals surface area contributed by atoms with Gasteiger partial charge in [-0.15, -0.1) is 0 Å². The van der Waals surface area contributed by atoms with Crippen molar-refractivity contribution < 1.29 is 9.59 Å². The lowest BCUT2D eigenvalue weighted by Gasteiger charge is -1.96. The van der Waals surface area contributed by atoms with Crippen molar-refractivity contribution in [2.75, 3.05) is 0 Å². The highest BCUT2D eigenvalue weighted by Gasteiger charge is 2.10. The average molecular weight is 163 g/mol. The first kappa shape index (κ1) is 8.46. The van der Waals surface area contributed by atoms with Gasteiger partial charge in [-0.25, -0.2) is 0 Å². The number of benzene rings is 1. The van der Waals surface area contributed by atoms with Gasteiger partial charge in [-0.1, -0.05) is 23.8 Å². The molecule has 0 heterocycles. The second-order valence-electron chi connectivity index (χ2n) is 2.56. The number of hydrogen-bond donors (Lipinski definition) is 1. The number of rotatable bonds is 2. The molecule has 1 aromatic rings. The standard InChI is InChI=1S/C9H9NO2/c1-6-3-2-4-7(5-6)8(11)9(10)12/h2-5H,1H3,(H2,10,12). The predicted octanol–water partition coefficient (Wildman–Crippen LogP) is 0.663. The number of carbonyl (C=O) groups excluding carboxylic acids is 2. The van der Waals surface area contributed by atoms with Crippen molar-refractivity contribution in [3.8, 4) is 0 Å². The second kappa shape index (κ2) is 3.17. The zero-order valence-corrected chi connectivity index (χ0v) is 6.70. The van der Waals surface area contributed by atoms with Gasteiger partial charge < -0.3 is 5.73 Å². The van der Waals surface area contributed by atoms with Crippen LogP contribution in [0.2, 0.25) is 0 Å². The number of carbonyl (C=O) groups is 2. The molecule has 0 aromatic heterocycles. The van der Waals surface area contributed by atoms with Crippen LogP contribution in [0.1, 0.15) is 15.9 Å². The maximum absolute atomic E-state index is 11.0. The van der Waals surface area contributed by atoms with E-state index in [0.717, 1.165) is 5.56 Å². The van der Waals surface area contributed by atoms with Crippen LogP contribution in [0, 0.1) is 6.92 Å². The maximum Gasteiger partial charge on any atom is 0.289 e. The van der Waals surface area contributed by atoms with Crippen LogP contribution in [0.25, 0.3) is 0 Å². The third kappa shape index (κ3) is 1.69. The summed E-state index contributed by atoms with van der Waals surface area (Å²) in [6, 6.07) is 6.76. The number of hydrogen-bond acceptors (Lipinski definition) is 2. The van der Waals surface area contributed by atoms with Gasteiger partial charge in [0.2, 0.25) is 5.78 Å². The van der Waals surface area contributed by atoms with Crippen molar-refractivity contribution in [1.29, 1.82) is 0 Å². The molecule has 0 atom stereocenters. The van der Waals surface area contributed by atoms with E-state index < -0.39 is 11.7 Å². The summed E-state index contributed by atoms with van der Waals surface area (Å²) in [6.07, 6.45) is 0. The summed E-state index contributed by atoms with van der Waals surface area (Å²) in [5, 5.41) is 0. The van der Waals surface area contributed by atoms with Crippen molar-refractivity contribution in [1.82, 2.24) is 0 Å². The molecule has 1 aromatic carbocycles. The van der Waals surface area contributed by atoms with Crippen LogP contribution in [-0.4, -0.2) is 11.7 Å². The number of primary amides is 1. The molecule has 0 unspecified atom stereocenters. The molecule has 62 valence electrons. The minimum atomic E-state index is -0.916. The summed E-state index contributed by atoms with van der Waals surface area (Å²) in [6.45, 7) is 1.85. The van der Waals surface area contributed by atoms with Crippen LogP contribution < -0.4 is 5.73 Å². The lowest BCUT2D eigenvalue weighted by molar-refractivity contribution is -0.114. The predicted molar refractivity (Wildman–Crippen MR) is 44.7 cm³/mol. The van der Waals surface area contributed by atoms with Crippen molar-refractivity contribution >= 4 is 11.7 Å². The third-order valence-electron chi connectivity index (χ3n) is 1.50. The normalized spacial score (nSPS) is 9.42. The Morgan fingerprint density at radius 2 is 2.00 bits per heavy atom. The molecule has 1 amide bonds. The monoisotopic (exact) mass is 163 g/mol. The molecule has 2 N–H and O–H groups in total. The van der Waals surface area contributed by atoms with E-state index in [1.54, 1.807) is 18.2 Å². The molecule has 0 aliphatic heterocycles. The van der Waals surface area contributed by atoms with E-state index >= 15 is 0 Å². The van der Waals surface area contributed by atoms with E-state index in [-0.39, 0.29) is 0 Å². The topological polar surface area (TPSA) is 60.2 Å². The molecular formula is C9H9NO2. The average Bonchev–Trinajstić information content (AvgIpc) is 2.03. The summed E-state index contributed by atoms with van der Waals surface area (Å²) in [7, 11) is 0. The smallest absolute Gasteiger partial charge is 0.289 e. The Morgan fingerprint density at radius 1 is 1.33 bits per heavy atom. The van der Waals surface area contributed by atoms with E-state index in [1.807, 2.05) is 13.0 Å². The number of amides is 1. The van der Waals surface area contributed by atoms with Crippen molar-refractivity contribution in [3.63, 3.8) is 0 Å². The first-order chi connectivity index (χ1) is 5.61. The lowest BCUT2D eigenvalue weighted by Crippen LogP contribution is -2.22. The van der Waals surface area contributed by atoms with Gasteiger partial charge in [-0.2, -0.15) is 0 Å². The Morgan fingerprint density at radius 3 is 2.50 bits per heavy atom. The Balaban J connectivity index is 3.04. The highest BCUT2D eigenvalue weighted by atomic mass is 16.2. The van der Waals surface area contributed by atoms with Crippen LogP contribution in [0.3, 0.4) is 0 Å². The van der Waals surface area contributed by atoms with Gasteiger partial charge >= 0.3 is 0 Å². The molecule has 0 aliphatic rings. The fraction of sp³-hybridized carbons (Fsp3) is 0.111. The molecule has 0 saturated carbocycles. The highest BCUT2D eigenvalue weighted by molar-refractivity contribution is 6.42. The number of ketones is 1. The summed E-state index contributed by atoms with van der Waals surface area (Å²) >= 11 is 0. The Kier molecular flexibility index (Phi) is 2.24. The zero-order valence-electron chi connectivity index (χ0n) is 6.70. The minimum absolute atomic E-state index is 0.350. The van der Waals surface area contributed by atoms with Gasteiger partial charge in [0.1, 0.15) is 0 Å². The Bertz CT molecular complexity index is 331. The quantitative estimate of drug-likeness (QED) is 0.514. The number of Topliss-reactive ketones (excluding diaryl/α,β-unsaturated/α-hetero) is 1. The van der Waals surface area contributed by atoms with Crippen LogP contribution in [0.4, 0.5) is 0 Å². The van der Waals surface area contributed by atoms with Gasteiger partial charge in [0, 0.05) is 5.56 Å². The van der Waals surface area contributed by atoms with E-state index in [4.69, 9.17) is 5.73 Å². The van der Waals surface area contributed by atoms with Gasteiger partial charge in [0.05, 0.1) is 0 Å². The molecule has 1 rings (SSSR count). The molecule has 0 bridgehead atoms. The van der Waals surface area contributed by atoms with Gasteiger partial charge in [-0.05, 0) is 13.0 Å². The molecule has 0 aliphatic carbocycles. The largest absolute Gasteiger partial charge is 0.363 e. The first-order valence-electron chi connectivity index (χ1n) is 3.52. The van der Waals surface area contributed by atoms with Crippen molar-refractivity contribution in [3.05, 3.63) is 35.4 Å². The fourth-order valence-corrected chi connectivity index (χ4v) is 0.929.